The van der Waals surface area contributed by atoms with E-state index in [9.17, 15) is 19.2 Å². The highest BCUT2D eigenvalue weighted by atomic mass is 16.5. The highest BCUT2D eigenvalue weighted by Gasteiger charge is 2.15. The van der Waals surface area contributed by atoms with Gasteiger partial charge in [0.15, 0.2) is 5.76 Å². The highest BCUT2D eigenvalue weighted by Crippen LogP contribution is 2.19. The lowest BCUT2D eigenvalue weighted by molar-refractivity contribution is 0.0462. The summed E-state index contributed by atoms with van der Waals surface area (Å²) in [5, 5.41) is 2.68. The number of rotatable bonds is 5. The first-order chi connectivity index (χ1) is 13.8. The fourth-order valence-corrected chi connectivity index (χ4v) is 2.61. The molecule has 0 spiro atoms. The summed E-state index contributed by atoms with van der Waals surface area (Å²) in [4.78, 5) is 48.3. The van der Waals surface area contributed by atoms with E-state index in [1.807, 2.05) is 0 Å². The van der Waals surface area contributed by atoms with Gasteiger partial charge in [-0.15, -0.1) is 0 Å². The number of ether oxygens (including phenoxy) is 1. The van der Waals surface area contributed by atoms with E-state index in [0.29, 0.717) is 5.69 Å². The average molecular weight is 397 g/mol. The molecule has 0 unspecified atom stereocenters. The SMILES string of the molecule is Cc1ccc(C(=O)OCc2cc(=O)n(C)c(=O)n2C)cc1NC(=O)c1ccco1. The number of esters is 1. The normalized spacial score (nSPS) is 10.6. The molecule has 2 heterocycles. The topological polar surface area (TPSA) is 113 Å². The second-order valence-electron chi connectivity index (χ2n) is 6.41. The zero-order valence-electron chi connectivity index (χ0n) is 16.1. The number of amides is 1. The van der Waals surface area contributed by atoms with Gasteiger partial charge in [0, 0.05) is 25.8 Å². The predicted octanol–water partition coefficient (Wildman–Crippen LogP) is 1.59. The van der Waals surface area contributed by atoms with Crippen molar-refractivity contribution in [3.05, 3.63) is 86.1 Å². The molecule has 1 aromatic carbocycles. The molecule has 1 amide bonds. The molecule has 9 nitrogen and oxygen atoms in total. The maximum absolute atomic E-state index is 12.4. The lowest BCUT2D eigenvalue weighted by Crippen LogP contribution is -2.38. The number of carbonyl (C=O) groups excluding carboxylic acids is 2. The van der Waals surface area contributed by atoms with Crippen LogP contribution in [0.25, 0.3) is 0 Å². The number of hydrogen-bond acceptors (Lipinski definition) is 6. The van der Waals surface area contributed by atoms with E-state index in [0.717, 1.165) is 10.1 Å². The van der Waals surface area contributed by atoms with Crippen LogP contribution in [0.15, 0.2) is 56.7 Å². The number of anilines is 1. The minimum atomic E-state index is -0.661. The van der Waals surface area contributed by atoms with Crippen LogP contribution in [0.3, 0.4) is 0 Å². The first kappa shape index (κ1) is 19.9. The molecule has 0 aliphatic rings. The van der Waals surface area contributed by atoms with E-state index in [2.05, 4.69) is 5.32 Å². The van der Waals surface area contributed by atoms with Crippen LogP contribution in [-0.2, 0) is 25.4 Å². The smallest absolute Gasteiger partial charge is 0.338 e. The molecule has 9 heteroatoms. The molecule has 0 bridgehead atoms. The van der Waals surface area contributed by atoms with Crippen LogP contribution in [-0.4, -0.2) is 21.0 Å². The Bertz CT molecular complexity index is 1190. The fourth-order valence-electron chi connectivity index (χ4n) is 2.61. The lowest BCUT2D eigenvalue weighted by Gasteiger charge is -2.12. The van der Waals surface area contributed by atoms with Crippen LogP contribution in [0, 0.1) is 6.92 Å². The van der Waals surface area contributed by atoms with Crippen molar-refractivity contribution < 1.29 is 18.7 Å². The van der Waals surface area contributed by atoms with E-state index < -0.39 is 23.1 Å². The zero-order valence-corrected chi connectivity index (χ0v) is 16.1. The van der Waals surface area contributed by atoms with E-state index in [1.54, 1.807) is 25.1 Å². The van der Waals surface area contributed by atoms with Crippen LogP contribution >= 0.6 is 0 Å². The number of carbonyl (C=O) groups is 2. The van der Waals surface area contributed by atoms with Crippen LogP contribution in [0.5, 0.6) is 0 Å². The van der Waals surface area contributed by atoms with Crippen molar-refractivity contribution in [3.8, 4) is 0 Å². The molecule has 2 aromatic heterocycles. The third kappa shape index (κ3) is 4.18. The Kier molecular flexibility index (Phi) is 5.49. The van der Waals surface area contributed by atoms with Gasteiger partial charge >= 0.3 is 11.7 Å². The van der Waals surface area contributed by atoms with Crippen LogP contribution in [0.2, 0.25) is 0 Å². The molecule has 29 heavy (non-hydrogen) atoms. The van der Waals surface area contributed by atoms with Crippen molar-refractivity contribution in [2.24, 2.45) is 14.1 Å². The Morgan fingerprint density at radius 3 is 2.55 bits per heavy atom. The molecule has 0 aliphatic heterocycles. The van der Waals surface area contributed by atoms with Crippen LogP contribution < -0.4 is 16.6 Å². The number of nitrogens with one attached hydrogen (secondary N) is 1. The second-order valence-corrected chi connectivity index (χ2v) is 6.41. The van der Waals surface area contributed by atoms with Crippen molar-refractivity contribution in [2.45, 2.75) is 13.5 Å². The number of furan rings is 1. The summed E-state index contributed by atoms with van der Waals surface area (Å²) in [6.45, 7) is 1.53. The number of aromatic nitrogens is 2. The molecule has 0 radical (unpaired) electrons. The molecule has 0 saturated heterocycles. The minimum Gasteiger partial charge on any atom is -0.459 e. The van der Waals surface area contributed by atoms with Gasteiger partial charge in [-0.2, -0.15) is 0 Å². The molecule has 3 aromatic rings. The molecule has 0 aliphatic carbocycles. The Hall–Kier alpha value is -3.88. The van der Waals surface area contributed by atoms with Crippen molar-refractivity contribution in [2.75, 3.05) is 5.32 Å². The second kappa shape index (κ2) is 8.01. The summed E-state index contributed by atoms with van der Waals surface area (Å²) in [5.74, 6) is -0.964. The molecular weight excluding hydrogens is 378 g/mol. The Labute approximate surface area is 165 Å². The van der Waals surface area contributed by atoms with E-state index in [-0.39, 0.29) is 23.6 Å². The highest BCUT2D eigenvalue weighted by molar-refractivity contribution is 6.03. The molecule has 0 saturated carbocycles. The van der Waals surface area contributed by atoms with Gasteiger partial charge in [-0.3, -0.25) is 18.7 Å². The van der Waals surface area contributed by atoms with Gasteiger partial charge in [-0.25, -0.2) is 9.59 Å². The third-order valence-electron chi connectivity index (χ3n) is 4.44. The minimum absolute atomic E-state index is 0.143. The molecular formula is C20H19N3O6. The quantitative estimate of drug-likeness (QED) is 0.655. The molecule has 0 atom stereocenters. The lowest BCUT2D eigenvalue weighted by atomic mass is 10.1. The Morgan fingerprint density at radius 1 is 1.10 bits per heavy atom. The largest absolute Gasteiger partial charge is 0.459 e. The summed E-state index contributed by atoms with van der Waals surface area (Å²) < 4.78 is 12.5. The van der Waals surface area contributed by atoms with Gasteiger partial charge < -0.3 is 14.5 Å². The van der Waals surface area contributed by atoms with Gasteiger partial charge in [0.2, 0.25) is 0 Å². The van der Waals surface area contributed by atoms with Crippen molar-refractivity contribution in [1.29, 1.82) is 0 Å². The number of nitrogens with zero attached hydrogens (tertiary/aromatic N) is 2. The third-order valence-corrected chi connectivity index (χ3v) is 4.44. The van der Waals surface area contributed by atoms with Crippen molar-refractivity contribution in [3.63, 3.8) is 0 Å². The number of hydrogen-bond donors (Lipinski definition) is 1. The molecule has 150 valence electrons. The zero-order chi connectivity index (χ0) is 21.1. The summed E-state index contributed by atoms with van der Waals surface area (Å²) in [6.07, 6.45) is 1.39. The Morgan fingerprint density at radius 2 is 1.86 bits per heavy atom. The van der Waals surface area contributed by atoms with Gasteiger partial charge in [-0.05, 0) is 36.8 Å². The van der Waals surface area contributed by atoms with Crippen molar-refractivity contribution >= 4 is 17.6 Å². The summed E-state index contributed by atoms with van der Waals surface area (Å²) >= 11 is 0. The van der Waals surface area contributed by atoms with E-state index in [4.69, 9.17) is 9.15 Å². The van der Waals surface area contributed by atoms with Gasteiger partial charge in [0.05, 0.1) is 17.5 Å². The number of benzene rings is 1. The van der Waals surface area contributed by atoms with Crippen LogP contribution in [0.1, 0.15) is 32.2 Å². The fraction of sp³-hybridized carbons (Fsp3) is 0.200. The van der Waals surface area contributed by atoms with Crippen molar-refractivity contribution in [1.82, 2.24) is 9.13 Å². The number of aryl methyl sites for hydroxylation is 1. The average Bonchev–Trinajstić information content (AvgIpc) is 3.24. The summed E-state index contributed by atoms with van der Waals surface area (Å²) in [6, 6.07) is 9.07. The monoisotopic (exact) mass is 397 g/mol. The van der Waals surface area contributed by atoms with Crippen LogP contribution in [0.4, 0.5) is 5.69 Å². The Balaban J connectivity index is 1.76. The first-order valence-electron chi connectivity index (χ1n) is 8.66. The summed E-state index contributed by atoms with van der Waals surface area (Å²) in [7, 11) is 2.85. The maximum Gasteiger partial charge on any atom is 0.338 e. The van der Waals surface area contributed by atoms with Gasteiger partial charge in [0.1, 0.15) is 6.61 Å². The van der Waals surface area contributed by atoms with E-state index in [1.165, 1.54) is 43.1 Å². The summed E-state index contributed by atoms with van der Waals surface area (Å²) in [5.41, 5.74) is 0.653. The maximum atomic E-state index is 12.4. The molecule has 3 rings (SSSR count). The first-order valence-corrected chi connectivity index (χ1v) is 8.66. The standard InChI is InChI=1S/C20H19N3O6/c1-12-6-7-13(9-15(12)21-18(25)16-5-4-8-28-16)19(26)29-11-14-10-17(24)23(3)20(27)22(14)2/h4-10H,11H2,1-3H3,(H,21,25). The van der Waals surface area contributed by atoms with Gasteiger partial charge in [-0.1, -0.05) is 6.07 Å². The molecule has 0 fully saturated rings. The predicted molar refractivity (Wildman–Crippen MR) is 104 cm³/mol. The molecule has 1 N–H and O–H groups in total. The van der Waals surface area contributed by atoms with E-state index >= 15 is 0 Å². The van der Waals surface area contributed by atoms with Gasteiger partial charge in [0.25, 0.3) is 11.5 Å².